The smallest absolute Gasteiger partial charge is 0.340 e. The lowest BCUT2D eigenvalue weighted by atomic mass is 9.72. The fourth-order valence-corrected chi connectivity index (χ4v) is 4.75. The highest BCUT2D eigenvalue weighted by molar-refractivity contribution is 6.12. The summed E-state index contributed by atoms with van der Waals surface area (Å²) in [6.45, 7) is 5.56. The molecule has 0 spiro atoms. The third kappa shape index (κ3) is 3.87. The van der Waals surface area contributed by atoms with Crippen LogP contribution in [0.3, 0.4) is 0 Å². The minimum Gasteiger partial charge on any atom is -0.465 e. The highest BCUT2D eigenvalue weighted by Gasteiger charge is 2.47. The predicted molar refractivity (Wildman–Crippen MR) is 125 cm³/mol. The van der Waals surface area contributed by atoms with Crippen molar-refractivity contribution in [1.82, 2.24) is 4.90 Å². The summed E-state index contributed by atoms with van der Waals surface area (Å²) in [4.78, 5) is 28.5. The summed E-state index contributed by atoms with van der Waals surface area (Å²) in [6.07, 6.45) is 3.61. The van der Waals surface area contributed by atoms with Crippen molar-refractivity contribution in [1.29, 1.82) is 0 Å². The Kier molecular flexibility index (Phi) is 6.47. The van der Waals surface area contributed by atoms with Crippen LogP contribution in [0, 0.1) is 0 Å². The molecule has 6 heteroatoms. The highest BCUT2D eigenvalue weighted by Crippen LogP contribution is 2.45. The first kappa shape index (κ1) is 22.6. The Labute approximate surface area is 193 Å². The number of fused-ring (bicyclic) bond motifs is 1. The summed E-state index contributed by atoms with van der Waals surface area (Å²) < 4.78 is 16.3. The number of hydrogen-bond donors (Lipinski definition) is 0. The van der Waals surface area contributed by atoms with Crippen LogP contribution >= 0.6 is 0 Å². The Morgan fingerprint density at radius 3 is 2.27 bits per heavy atom. The van der Waals surface area contributed by atoms with E-state index in [1.54, 1.807) is 6.08 Å². The summed E-state index contributed by atoms with van der Waals surface area (Å²) in [7, 11) is 2.62. The van der Waals surface area contributed by atoms with Crippen molar-refractivity contribution >= 4 is 17.6 Å². The molecule has 1 saturated heterocycles. The number of ether oxygens (including phenoxy) is 3. The minimum absolute atomic E-state index is 0.140. The maximum absolute atomic E-state index is 13.2. The summed E-state index contributed by atoms with van der Waals surface area (Å²) >= 11 is 0. The van der Waals surface area contributed by atoms with Gasteiger partial charge in [-0.25, -0.2) is 9.59 Å². The van der Waals surface area contributed by atoms with Gasteiger partial charge < -0.3 is 19.1 Å². The minimum atomic E-state index is -0.832. The molecular weight excluding hydrogens is 418 g/mol. The highest BCUT2D eigenvalue weighted by atomic mass is 16.5. The summed E-state index contributed by atoms with van der Waals surface area (Å²) in [6, 6.07) is 19.1. The molecule has 2 aliphatic heterocycles. The van der Waals surface area contributed by atoms with Crippen molar-refractivity contribution in [3.05, 3.63) is 102 Å². The van der Waals surface area contributed by atoms with E-state index in [-0.39, 0.29) is 17.2 Å². The maximum atomic E-state index is 13.2. The van der Waals surface area contributed by atoms with E-state index >= 15 is 0 Å². The lowest BCUT2D eigenvalue weighted by molar-refractivity contribution is -0.139. The molecule has 33 heavy (non-hydrogen) atoms. The van der Waals surface area contributed by atoms with Crippen molar-refractivity contribution in [3.63, 3.8) is 0 Å². The molecule has 6 nitrogen and oxygen atoms in total. The van der Waals surface area contributed by atoms with E-state index in [2.05, 4.69) is 11.5 Å². The van der Waals surface area contributed by atoms with Crippen LogP contribution in [-0.4, -0.2) is 56.9 Å². The van der Waals surface area contributed by atoms with Crippen molar-refractivity contribution in [2.75, 3.05) is 34.0 Å². The molecule has 2 heterocycles. The SMILES string of the molecule is C=C[C@@]1(c2ccccc2)C=C(C(=O)OC)C(C(=O)OC)=C(c2ccccc2)N2CCOC[C@H]21. The number of morpholine rings is 1. The lowest BCUT2D eigenvalue weighted by Crippen LogP contribution is -2.54. The van der Waals surface area contributed by atoms with Gasteiger partial charge in [-0.15, -0.1) is 6.58 Å². The molecule has 0 N–H and O–H groups in total. The number of nitrogens with zero attached hydrogens (tertiary/aromatic N) is 1. The molecule has 0 unspecified atom stereocenters. The van der Waals surface area contributed by atoms with Gasteiger partial charge in [0.05, 0.1) is 55.7 Å². The largest absolute Gasteiger partial charge is 0.465 e. The van der Waals surface area contributed by atoms with Gasteiger partial charge in [0.1, 0.15) is 0 Å². The van der Waals surface area contributed by atoms with Crippen molar-refractivity contribution in [2.45, 2.75) is 11.5 Å². The Hall–Kier alpha value is -3.64. The van der Waals surface area contributed by atoms with Gasteiger partial charge in [-0.1, -0.05) is 72.8 Å². The summed E-state index contributed by atoms with van der Waals surface area (Å²) in [5.74, 6) is -1.23. The first-order valence-corrected chi connectivity index (χ1v) is 10.8. The molecule has 0 aromatic heterocycles. The monoisotopic (exact) mass is 445 g/mol. The van der Waals surface area contributed by atoms with E-state index in [0.29, 0.717) is 25.5 Å². The third-order valence-corrected chi connectivity index (χ3v) is 6.31. The number of esters is 2. The zero-order valence-electron chi connectivity index (χ0n) is 18.8. The third-order valence-electron chi connectivity index (χ3n) is 6.31. The zero-order valence-corrected chi connectivity index (χ0v) is 18.8. The van der Waals surface area contributed by atoms with Gasteiger partial charge in [-0.05, 0) is 11.1 Å². The molecule has 0 bridgehead atoms. The first-order valence-electron chi connectivity index (χ1n) is 10.8. The van der Waals surface area contributed by atoms with Crippen LogP contribution < -0.4 is 0 Å². The molecule has 4 rings (SSSR count). The van der Waals surface area contributed by atoms with E-state index < -0.39 is 17.4 Å². The molecule has 2 atom stereocenters. The molecule has 0 aliphatic carbocycles. The fourth-order valence-electron chi connectivity index (χ4n) is 4.75. The Balaban J connectivity index is 2.11. The first-order chi connectivity index (χ1) is 16.1. The van der Waals surface area contributed by atoms with Crippen molar-refractivity contribution in [2.24, 2.45) is 0 Å². The zero-order chi connectivity index (χ0) is 23.4. The van der Waals surface area contributed by atoms with Crippen LogP contribution in [0.15, 0.2) is 90.5 Å². The van der Waals surface area contributed by atoms with Gasteiger partial charge >= 0.3 is 11.9 Å². The van der Waals surface area contributed by atoms with Gasteiger partial charge in [-0.3, -0.25) is 0 Å². The van der Waals surface area contributed by atoms with Crippen LogP contribution in [0.4, 0.5) is 0 Å². The van der Waals surface area contributed by atoms with Crippen LogP contribution in [-0.2, 0) is 29.2 Å². The molecule has 0 amide bonds. The van der Waals surface area contributed by atoms with E-state index in [1.165, 1.54) is 14.2 Å². The number of carbonyl (C=O) groups excluding carboxylic acids is 2. The van der Waals surface area contributed by atoms with Crippen molar-refractivity contribution < 1.29 is 23.8 Å². The van der Waals surface area contributed by atoms with Crippen LogP contribution in [0.25, 0.3) is 5.70 Å². The van der Waals surface area contributed by atoms with E-state index in [0.717, 1.165) is 11.1 Å². The second-order valence-corrected chi connectivity index (χ2v) is 7.92. The summed E-state index contributed by atoms with van der Waals surface area (Å²) in [5, 5.41) is 0. The Morgan fingerprint density at radius 2 is 1.67 bits per heavy atom. The number of rotatable bonds is 5. The van der Waals surface area contributed by atoms with E-state index in [4.69, 9.17) is 14.2 Å². The van der Waals surface area contributed by atoms with Gasteiger partial charge in [0.15, 0.2) is 0 Å². The van der Waals surface area contributed by atoms with E-state index in [9.17, 15) is 9.59 Å². The van der Waals surface area contributed by atoms with Crippen LogP contribution in [0.1, 0.15) is 11.1 Å². The molecule has 2 aliphatic rings. The lowest BCUT2D eigenvalue weighted by Gasteiger charge is -2.47. The fraction of sp³-hybridized carbons (Fsp3) is 0.259. The topological polar surface area (TPSA) is 65.1 Å². The molecule has 170 valence electrons. The normalized spacial score (nSPS) is 22.5. The number of carbonyl (C=O) groups is 2. The molecule has 1 fully saturated rings. The van der Waals surface area contributed by atoms with Gasteiger partial charge in [0, 0.05) is 6.54 Å². The molecule has 2 aromatic rings. The Morgan fingerprint density at radius 1 is 1.03 bits per heavy atom. The number of methoxy groups -OCH3 is 2. The van der Waals surface area contributed by atoms with Gasteiger partial charge in [0.25, 0.3) is 0 Å². The molecule has 0 saturated carbocycles. The van der Waals surface area contributed by atoms with Crippen molar-refractivity contribution in [3.8, 4) is 0 Å². The second-order valence-electron chi connectivity index (χ2n) is 7.92. The molecule has 0 radical (unpaired) electrons. The second kappa shape index (κ2) is 9.46. The van der Waals surface area contributed by atoms with Gasteiger partial charge in [-0.2, -0.15) is 0 Å². The number of hydrogen-bond acceptors (Lipinski definition) is 6. The number of benzene rings is 2. The van der Waals surface area contributed by atoms with Crippen LogP contribution in [0.5, 0.6) is 0 Å². The van der Waals surface area contributed by atoms with Crippen LogP contribution in [0.2, 0.25) is 0 Å². The Bertz CT molecular complexity index is 1110. The quantitative estimate of drug-likeness (QED) is 0.519. The standard InChI is InChI=1S/C27H27NO5/c1-4-27(20-13-9-6-10-14-20)17-21(25(29)31-2)23(26(30)32-3)24(19-11-7-5-8-12-19)28-15-16-33-18-22(27)28/h4-14,17,22H,1,15-16,18H2,2-3H3/t22-,27-/m0/s1. The molecule has 2 aromatic carbocycles. The predicted octanol–water partition coefficient (Wildman–Crippen LogP) is 3.51. The average Bonchev–Trinajstić information content (AvgIpc) is 3.02. The maximum Gasteiger partial charge on any atom is 0.340 e. The van der Waals surface area contributed by atoms with E-state index in [1.807, 2.05) is 66.7 Å². The average molecular weight is 446 g/mol. The molecular formula is C27H27NO5. The summed E-state index contributed by atoms with van der Waals surface area (Å²) in [5.41, 5.74) is 1.82. The van der Waals surface area contributed by atoms with Gasteiger partial charge in [0.2, 0.25) is 0 Å².